The summed E-state index contributed by atoms with van der Waals surface area (Å²) in [5.41, 5.74) is 0.981. The zero-order valence-corrected chi connectivity index (χ0v) is 28.8. The molecular formula is C38H72O4. The number of esters is 2. The summed E-state index contributed by atoms with van der Waals surface area (Å²) in [5, 5.41) is 0. The summed E-state index contributed by atoms with van der Waals surface area (Å²) in [5.74, 6) is -0.511. The third-order valence-corrected chi connectivity index (χ3v) is 7.66. The Hall–Kier alpha value is -1.58. The molecule has 0 amide bonds. The molecule has 0 fully saturated rings. The van der Waals surface area contributed by atoms with Crippen molar-refractivity contribution in [1.29, 1.82) is 0 Å². The number of hydrogen-bond donors (Lipinski definition) is 0. The largest absolute Gasteiger partial charge is 0.462 e. The van der Waals surface area contributed by atoms with Gasteiger partial charge in [0.2, 0.25) is 0 Å². The molecule has 4 heteroatoms. The lowest BCUT2D eigenvalue weighted by Gasteiger charge is -2.04. The van der Waals surface area contributed by atoms with Crippen molar-refractivity contribution in [2.45, 2.75) is 195 Å². The first kappa shape index (κ1) is 42.6. The van der Waals surface area contributed by atoms with E-state index in [0.717, 1.165) is 12.8 Å². The number of ether oxygens (including phenoxy) is 2. The predicted molar refractivity (Wildman–Crippen MR) is 183 cm³/mol. The molecule has 42 heavy (non-hydrogen) atoms. The minimum atomic E-state index is -0.256. The Labute approximate surface area is 262 Å². The molecule has 4 nitrogen and oxygen atoms in total. The fourth-order valence-electron chi connectivity index (χ4n) is 4.82. The van der Waals surface area contributed by atoms with Gasteiger partial charge in [-0.2, -0.15) is 0 Å². The van der Waals surface area contributed by atoms with Crippen molar-refractivity contribution in [3.63, 3.8) is 0 Å². The number of unbranched alkanes of at least 4 members (excludes halogenated alkanes) is 24. The van der Waals surface area contributed by atoms with Crippen LogP contribution in [0.5, 0.6) is 0 Å². The smallest absolute Gasteiger partial charge is 0.333 e. The highest BCUT2D eigenvalue weighted by Gasteiger charge is 2.02. The molecule has 0 unspecified atom stereocenters. The van der Waals surface area contributed by atoms with Crippen LogP contribution in [0.25, 0.3) is 0 Å². The third kappa shape index (κ3) is 36.4. The van der Waals surface area contributed by atoms with Crippen LogP contribution in [-0.4, -0.2) is 25.2 Å². The van der Waals surface area contributed by atoms with Gasteiger partial charge in [0.05, 0.1) is 13.2 Å². The van der Waals surface area contributed by atoms with Crippen molar-refractivity contribution in [1.82, 2.24) is 0 Å². The van der Waals surface area contributed by atoms with Crippen LogP contribution in [0.3, 0.4) is 0 Å². The van der Waals surface area contributed by atoms with Gasteiger partial charge in [-0.05, 0) is 26.7 Å². The van der Waals surface area contributed by atoms with Gasteiger partial charge in [-0.3, -0.25) is 0 Å². The fraction of sp³-hybridized carbons (Fsp3) is 0.842. The molecule has 0 aromatic carbocycles. The van der Waals surface area contributed by atoms with E-state index in [1.54, 1.807) is 13.8 Å². The standard InChI is InChI=1S/C20H38O2.C18H34O2/c1-4-5-6-7-8-9-10-11-12-13-14-15-16-17-18-22-20(21)19(2)3;1-4-5-6-7-8-9-10-11-12-13-14-15-16-20-18(19)17(2)3/h2,4-18H2,1,3H3;2,4-16H2,1,3H3. The monoisotopic (exact) mass is 593 g/mol. The number of rotatable bonds is 30. The quantitative estimate of drug-likeness (QED) is 0.0473. The van der Waals surface area contributed by atoms with Gasteiger partial charge in [0.25, 0.3) is 0 Å². The second-order valence-corrected chi connectivity index (χ2v) is 12.3. The van der Waals surface area contributed by atoms with Crippen LogP contribution in [-0.2, 0) is 19.1 Å². The first-order chi connectivity index (χ1) is 20.4. The lowest BCUT2D eigenvalue weighted by Crippen LogP contribution is -2.05. The van der Waals surface area contributed by atoms with Gasteiger partial charge >= 0.3 is 11.9 Å². The van der Waals surface area contributed by atoms with Gasteiger partial charge in [-0.15, -0.1) is 0 Å². The van der Waals surface area contributed by atoms with Gasteiger partial charge in [-0.25, -0.2) is 9.59 Å². The van der Waals surface area contributed by atoms with E-state index in [-0.39, 0.29) is 11.9 Å². The Bertz CT molecular complexity index is 625. The molecule has 0 N–H and O–H groups in total. The number of carbonyl (C=O) groups excluding carboxylic acids is 2. The molecule has 0 rings (SSSR count). The highest BCUT2D eigenvalue weighted by molar-refractivity contribution is 5.87. The molecule has 0 aliphatic heterocycles. The zero-order chi connectivity index (χ0) is 31.5. The molecule has 0 aliphatic rings. The summed E-state index contributed by atoms with van der Waals surface area (Å²) in [6, 6.07) is 0. The molecule has 0 radical (unpaired) electrons. The lowest BCUT2D eigenvalue weighted by atomic mass is 10.0. The number of hydrogen-bond acceptors (Lipinski definition) is 4. The Balaban J connectivity index is 0. The van der Waals surface area contributed by atoms with Crippen LogP contribution in [0.4, 0.5) is 0 Å². The molecule has 248 valence electrons. The molecular weight excluding hydrogens is 520 g/mol. The van der Waals surface area contributed by atoms with E-state index in [1.165, 1.54) is 154 Å². The third-order valence-electron chi connectivity index (χ3n) is 7.66. The maximum atomic E-state index is 11.2. The summed E-state index contributed by atoms with van der Waals surface area (Å²) in [6.45, 7) is 16.1. The Morgan fingerprint density at radius 3 is 0.762 bits per heavy atom. The van der Waals surface area contributed by atoms with E-state index < -0.39 is 0 Å². The van der Waals surface area contributed by atoms with Gasteiger partial charge in [0.15, 0.2) is 0 Å². The van der Waals surface area contributed by atoms with Gasteiger partial charge in [-0.1, -0.05) is 181 Å². The van der Waals surface area contributed by atoms with E-state index in [9.17, 15) is 9.59 Å². The average Bonchev–Trinajstić information content (AvgIpc) is 2.97. The van der Waals surface area contributed by atoms with Crippen molar-refractivity contribution in [3.05, 3.63) is 24.3 Å². The van der Waals surface area contributed by atoms with E-state index in [2.05, 4.69) is 27.0 Å². The van der Waals surface area contributed by atoms with E-state index in [0.29, 0.717) is 24.4 Å². The zero-order valence-electron chi connectivity index (χ0n) is 28.8. The molecule has 0 aliphatic carbocycles. The Morgan fingerprint density at radius 2 is 0.571 bits per heavy atom. The van der Waals surface area contributed by atoms with Crippen molar-refractivity contribution in [2.75, 3.05) is 13.2 Å². The molecule has 0 aromatic rings. The van der Waals surface area contributed by atoms with Gasteiger partial charge in [0.1, 0.15) is 0 Å². The Kier molecular flexibility index (Phi) is 36.1. The molecule has 0 saturated carbocycles. The molecule has 0 saturated heterocycles. The molecule has 0 bridgehead atoms. The van der Waals surface area contributed by atoms with Crippen LogP contribution in [0.2, 0.25) is 0 Å². The van der Waals surface area contributed by atoms with Crippen LogP contribution in [0.15, 0.2) is 24.3 Å². The van der Waals surface area contributed by atoms with Crippen molar-refractivity contribution in [3.8, 4) is 0 Å². The van der Waals surface area contributed by atoms with E-state index in [1.807, 2.05) is 0 Å². The minimum absolute atomic E-state index is 0.255. The molecule has 0 spiro atoms. The van der Waals surface area contributed by atoms with Crippen molar-refractivity contribution < 1.29 is 19.1 Å². The summed E-state index contributed by atoms with van der Waals surface area (Å²) in [7, 11) is 0. The first-order valence-electron chi connectivity index (χ1n) is 18.0. The maximum Gasteiger partial charge on any atom is 0.333 e. The highest BCUT2D eigenvalue weighted by Crippen LogP contribution is 2.14. The van der Waals surface area contributed by atoms with E-state index in [4.69, 9.17) is 9.47 Å². The topological polar surface area (TPSA) is 52.6 Å². The van der Waals surface area contributed by atoms with Crippen molar-refractivity contribution in [2.24, 2.45) is 0 Å². The predicted octanol–water partition coefficient (Wildman–Crippen LogP) is 12.4. The lowest BCUT2D eigenvalue weighted by molar-refractivity contribution is -0.139. The molecule has 0 heterocycles. The summed E-state index contributed by atoms with van der Waals surface area (Å²) in [4.78, 5) is 22.3. The van der Waals surface area contributed by atoms with Crippen LogP contribution < -0.4 is 0 Å². The summed E-state index contributed by atoms with van der Waals surface area (Å²) >= 11 is 0. The van der Waals surface area contributed by atoms with Crippen molar-refractivity contribution >= 4 is 11.9 Å². The first-order valence-corrected chi connectivity index (χ1v) is 18.0. The molecule has 0 aromatic heterocycles. The van der Waals surface area contributed by atoms with Crippen LogP contribution in [0, 0.1) is 0 Å². The summed E-state index contributed by atoms with van der Waals surface area (Å²) < 4.78 is 10.1. The van der Waals surface area contributed by atoms with Gasteiger partial charge < -0.3 is 9.47 Å². The minimum Gasteiger partial charge on any atom is -0.462 e. The fourth-order valence-corrected chi connectivity index (χ4v) is 4.82. The summed E-state index contributed by atoms with van der Waals surface area (Å²) in [6.07, 6.45) is 34.7. The second-order valence-electron chi connectivity index (χ2n) is 12.3. The van der Waals surface area contributed by atoms with Gasteiger partial charge in [0, 0.05) is 11.1 Å². The second kappa shape index (κ2) is 35.6. The van der Waals surface area contributed by atoms with Crippen LogP contribution >= 0.6 is 0 Å². The van der Waals surface area contributed by atoms with Crippen LogP contribution in [0.1, 0.15) is 195 Å². The average molecular weight is 593 g/mol. The normalized spacial score (nSPS) is 10.6. The molecule has 0 atom stereocenters. The SMILES string of the molecule is C=C(C)C(=O)OCCCCCCCCCCCCCC.C=C(C)C(=O)OCCCCCCCCCCCCCCCC. The van der Waals surface area contributed by atoms with E-state index >= 15 is 0 Å². The maximum absolute atomic E-state index is 11.2. The highest BCUT2D eigenvalue weighted by atomic mass is 16.5. The Morgan fingerprint density at radius 1 is 0.381 bits per heavy atom. The number of carbonyl (C=O) groups is 2.